The number of nitrogens with zero attached hydrogens (tertiary/aromatic N) is 2. The lowest BCUT2D eigenvalue weighted by molar-refractivity contribution is 0.598. The number of aryl methyl sites for hydroxylation is 1. The van der Waals surface area contributed by atoms with Crippen LogP contribution in [0.3, 0.4) is 0 Å². The highest BCUT2D eigenvalue weighted by atomic mass is 32.2. The minimum absolute atomic E-state index is 0.164. The van der Waals surface area contributed by atoms with Gasteiger partial charge in [0.15, 0.2) is 0 Å². The number of sulfonamides is 1. The number of imidazole rings is 1. The molecule has 0 bridgehead atoms. The Morgan fingerprint density at radius 3 is 2.81 bits per heavy atom. The molecule has 1 fully saturated rings. The number of hydrogen-bond acceptors (Lipinski definition) is 3. The zero-order valence-electron chi connectivity index (χ0n) is 12.5. The summed E-state index contributed by atoms with van der Waals surface area (Å²) >= 11 is 0. The Balaban J connectivity index is 1.87. The molecule has 0 spiro atoms. The maximum atomic E-state index is 11.9. The summed E-state index contributed by atoms with van der Waals surface area (Å²) in [5.74, 6) is 1.85. The van der Waals surface area contributed by atoms with Crippen molar-refractivity contribution < 1.29 is 8.42 Å². The van der Waals surface area contributed by atoms with Crippen LogP contribution in [-0.2, 0) is 17.1 Å². The van der Waals surface area contributed by atoms with Crippen LogP contribution in [0.25, 0.3) is 11.0 Å². The lowest BCUT2D eigenvalue weighted by Crippen LogP contribution is -2.16. The van der Waals surface area contributed by atoms with Crippen LogP contribution in [0.1, 0.15) is 44.3 Å². The van der Waals surface area contributed by atoms with Gasteiger partial charge in [0, 0.05) is 13.0 Å². The SMILES string of the molecule is CCCCS(=O)(=O)Nc1ccc2c(c1)nc(C1CC1)n2C. The van der Waals surface area contributed by atoms with Crippen LogP contribution < -0.4 is 4.72 Å². The molecular weight excluding hydrogens is 286 g/mol. The van der Waals surface area contributed by atoms with Gasteiger partial charge in [-0.15, -0.1) is 0 Å². The second kappa shape index (κ2) is 5.33. The van der Waals surface area contributed by atoms with Gasteiger partial charge in [0.25, 0.3) is 0 Å². The van der Waals surface area contributed by atoms with Gasteiger partial charge in [0.1, 0.15) is 5.82 Å². The lowest BCUT2D eigenvalue weighted by Gasteiger charge is -2.07. The average molecular weight is 307 g/mol. The molecule has 0 atom stereocenters. The van der Waals surface area contributed by atoms with Crippen molar-refractivity contribution in [3.63, 3.8) is 0 Å². The third kappa shape index (κ3) is 3.05. The fourth-order valence-corrected chi connectivity index (χ4v) is 3.81. The van der Waals surface area contributed by atoms with E-state index < -0.39 is 10.0 Å². The number of anilines is 1. The van der Waals surface area contributed by atoms with Gasteiger partial charge < -0.3 is 4.57 Å². The predicted molar refractivity (Wildman–Crippen MR) is 85.0 cm³/mol. The van der Waals surface area contributed by atoms with E-state index in [0.29, 0.717) is 18.0 Å². The van der Waals surface area contributed by atoms with E-state index >= 15 is 0 Å². The molecule has 1 aliphatic rings. The van der Waals surface area contributed by atoms with Crippen molar-refractivity contribution >= 4 is 26.7 Å². The molecule has 3 rings (SSSR count). The van der Waals surface area contributed by atoms with E-state index in [1.807, 2.05) is 32.2 Å². The molecule has 5 nitrogen and oxygen atoms in total. The lowest BCUT2D eigenvalue weighted by atomic mass is 10.3. The topological polar surface area (TPSA) is 64.0 Å². The van der Waals surface area contributed by atoms with Crippen LogP contribution in [0.15, 0.2) is 18.2 Å². The van der Waals surface area contributed by atoms with Crippen LogP contribution in [0.4, 0.5) is 5.69 Å². The van der Waals surface area contributed by atoms with Crippen LogP contribution in [0, 0.1) is 0 Å². The molecule has 1 N–H and O–H groups in total. The summed E-state index contributed by atoms with van der Waals surface area (Å²) in [5.41, 5.74) is 2.50. The van der Waals surface area contributed by atoms with Crippen LogP contribution in [-0.4, -0.2) is 23.7 Å². The fraction of sp³-hybridized carbons (Fsp3) is 0.533. The maximum absolute atomic E-state index is 11.9. The third-order valence-corrected chi connectivity index (χ3v) is 5.27. The van der Waals surface area contributed by atoms with Crippen LogP contribution >= 0.6 is 0 Å². The number of benzene rings is 1. The van der Waals surface area contributed by atoms with E-state index in [1.165, 1.54) is 12.8 Å². The first kappa shape index (κ1) is 14.4. The molecule has 1 saturated carbocycles. The van der Waals surface area contributed by atoms with Gasteiger partial charge in [-0.2, -0.15) is 0 Å². The van der Waals surface area contributed by atoms with Crippen LogP contribution in [0.5, 0.6) is 0 Å². The second-order valence-electron chi connectivity index (χ2n) is 5.78. The quantitative estimate of drug-likeness (QED) is 0.892. The standard InChI is InChI=1S/C15H21N3O2S/c1-3-4-9-21(19,20)17-12-7-8-14-13(10-12)16-15(18(14)2)11-5-6-11/h7-8,10-11,17H,3-6,9H2,1-2H3. The number of unbranched alkanes of at least 4 members (excludes halogenated alkanes) is 1. The maximum Gasteiger partial charge on any atom is 0.232 e. The van der Waals surface area contributed by atoms with E-state index in [-0.39, 0.29) is 5.75 Å². The zero-order chi connectivity index (χ0) is 15.0. The predicted octanol–water partition coefficient (Wildman–Crippen LogP) is 2.99. The van der Waals surface area contributed by atoms with Gasteiger partial charge in [0.05, 0.1) is 22.5 Å². The fourth-order valence-electron chi connectivity index (χ4n) is 2.55. The molecule has 21 heavy (non-hydrogen) atoms. The summed E-state index contributed by atoms with van der Waals surface area (Å²) in [5, 5.41) is 0. The van der Waals surface area contributed by atoms with Crippen molar-refractivity contribution in [1.29, 1.82) is 0 Å². The monoisotopic (exact) mass is 307 g/mol. The first-order valence-corrected chi connectivity index (χ1v) is 9.12. The number of rotatable bonds is 6. The molecule has 1 heterocycles. The van der Waals surface area contributed by atoms with Gasteiger partial charge in [-0.25, -0.2) is 13.4 Å². The van der Waals surface area contributed by atoms with E-state index in [2.05, 4.69) is 14.3 Å². The van der Waals surface area contributed by atoms with Crippen LogP contribution in [0.2, 0.25) is 0 Å². The van der Waals surface area contributed by atoms with E-state index in [4.69, 9.17) is 0 Å². The van der Waals surface area contributed by atoms with Crippen molar-refractivity contribution in [2.75, 3.05) is 10.5 Å². The Morgan fingerprint density at radius 2 is 2.14 bits per heavy atom. The summed E-state index contributed by atoms with van der Waals surface area (Å²) in [4.78, 5) is 4.66. The average Bonchev–Trinajstić information content (AvgIpc) is 3.22. The molecule has 2 aromatic rings. The van der Waals surface area contributed by atoms with Crippen molar-refractivity contribution in [3.05, 3.63) is 24.0 Å². The zero-order valence-corrected chi connectivity index (χ0v) is 13.3. The summed E-state index contributed by atoms with van der Waals surface area (Å²) in [6.45, 7) is 1.98. The van der Waals surface area contributed by atoms with Gasteiger partial charge in [0.2, 0.25) is 10.0 Å². The molecule has 0 amide bonds. The summed E-state index contributed by atoms with van der Waals surface area (Å²) in [7, 11) is -1.24. The van der Waals surface area contributed by atoms with Crippen molar-refractivity contribution in [3.8, 4) is 0 Å². The highest BCUT2D eigenvalue weighted by Gasteiger charge is 2.28. The van der Waals surface area contributed by atoms with E-state index in [0.717, 1.165) is 23.3 Å². The molecule has 1 aromatic heterocycles. The Kier molecular flexibility index (Phi) is 3.65. The highest BCUT2D eigenvalue weighted by molar-refractivity contribution is 7.92. The smallest absolute Gasteiger partial charge is 0.232 e. The Bertz CT molecular complexity index is 761. The third-order valence-electron chi connectivity index (χ3n) is 3.90. The largest absolute Gasteiger partial charge is 0.331 e. The molecule has 114 valence electrons. The Morgan fingerprint density at radius 1 is 1.38 bits per heavy atom. The van der Waals surface area contributed by atoms with Gasteiger partial charge >= 0.3 is 0 Å². The number of aromatic nitrogens is 2. The van der Waals surface area contributed by atoms with Crippen molar-refractivity contribution in [2.24, 2.45) is 7.05 Å². The highest BCUT2D eigenvalue weighted by Crippen LogP contribution is 2.40. The van der Waals surface area contributed by atoms with E-state index in [9.17, 15) is 8.42 Å². The van der Waals surface area contributed by atoms with E-state index in [1.54, 1.807) is 0 Å². The molecule has 0 unspecified atom stereocenters. The van der Waals surface area contributed by atoms with Crippen molar-refractivity contribution in [1.82, 2.24) is 9.55 Å². The Labute approximate surface area is 125 Å². The molecule has 1 aromatic carbocycles. The number of fused-ring (bicyclic) bond motifs is 1. The minimum atomic E-state index is -3.26. The summed E-state index contributed by atoms with van der Waals surface area (Å²) in [6, 6.07) is 5.57. The molecule has 0 radical (unpaired) electrons. The molecule has 0 saturated heterocycles. The summed E-state index contributed by atoms with van der Waals surface area (Å²) < 4.78 is 28.7. The van der Waals surface area contributed by atoms with Crippen molar-refractivity contribution in [2.45, 2.75) is 38.5 Å². The van der Waals surface area contributed by atoms with Gasteiger partial charge in [-0.3, -0.25) is 4.72 Å². The summed E-state index contributed by atoms with van der Waals surface area (Å²) in [6.07, 6.45) is 3.94. The number of nitrogens with one attached hydrogen (secondary N) is 1. The van der Waals surface area contributed by atoms with Gasteiger partial charge in [-0.1, -0.05) is 13.3 Å². The Hall–Kier alpha value is -1.56. The van der Waals surface area contributed by atoms with Gasteiger partial charge in [-0.05, 0) is 37.5 Å². The second-order valence-corrected chi connectivity index (χ2v) is 7.62. The molecule has 1 aliphatic carbocycles. The molecule has 0 aliphatic heterocycles. The normalized spacial score (nSPS) is 15.5. The molecular formula is C15H21N3O2S. The first-order chi connectivity index (χ1) is 10.00. The first-order valence-electron chi connectivity index (χ1n) is 7.47. The minimum Gasteiger partial charge on any atom is -0.331 e. The number of hydrogen-bond donors (Lipinski definition) is 1. The molecule has 6 heteroatoms.